The van der Waals surface area contributed by atoms with E-state index in [4.69, 9.17) is 0 Å². The van der Waals surface area contributed by atoms with Crippen LogP contribution in [0.5, 0.6) is 0 Å². The molecule has 0 spiro atoms. The van der Waals surface area contributed by atoms with E-state index in [2.05, 4.69) is 228 Å². The number of anilines is 3. The lowest BCUT2D eigenvalue weighted by atomic mass is 9.96. The average molecular weight is 745 g/mol. The molecule has 0 amide bonds. The summed E-state index contributed by atoms with van der Waals surface area (Å²) in [5.41, 5.74) is 14.1. The van der Waals surface area contributed by atoms with Gasteiger partial charge in [0.2, 0.25) is 0 Å². The summed E-state index contributed by atoms with van der Waals surface area (Å²) >= 11 is 1.88. The number of nitrogens with zero attached hydrogens (tertiary/aromatic N) is 2. The first kappa shape index (κ1) is 33.2. The normalized spacial score (nSPS) is 11.5. The summed E-state index contributed by atoms with van der Waals surface area (Å²) in [5.74, 6) is 0. The molecule has 0 aliphatic heterocycles. The Kier molecular flexibility index (Phi) is 8.04. The van der Waals surface area contributed by atoms with Gasteiger partial charge in [0.1, 0.15) is 0 Å². The monoisotopic (exact) mass is 744 g/mol. The second-order valence-electron chi connectivity index (χ2n) is 14.5. The molecule has 0 saturated carbocycles. The van der Waals surface area contributed by atoms with Crippen LogP contribution >= 0.6 is 11.3 Å². The van der Waals surface area contributed by atoms with Crippen LogP contribution in [0, 0.1) is 0 Å². The van der Waals surface area contributed by atoms with E-state index in [0.717, 1.165) is 28.3 Å². The standard InChI is InChI=1S/C54H36N2S/c1-4-16-37(17-5-1)39-30-33-42(34-31-39)55(41-20-8-3-9-21-41)50-27-15-28-51-53(50)46-23-10-12-26-48(46)56(51)49-35-32-40(38-18-6-2-7-19-38)36-47(49)45-25-14-24-44-43-22-11-13-29-52(43)57-54(44)45/h1-36H. The molecule has 11 rings (SSSR count). The van der Waals surface area contributed by atoms with Gasteiger partial charge < -0.3 is 9.47 Å². The number of rotatable bonds is 7. The molecule has 0 radical (unpaired) electrons. The number of hydrogen-bond donors (Lipinski definition) is 0. The molecule has 0 atom stereocenters. The summed E-state index contributed by atoms with van der Waals surface area (Å²) < 4.78 is 5.10. The zero-order valence-corrected chi connectivity index (χ0v) is 31.9. The van der Waals surface area contributed by atoms with Crippen molar-refractivity contribution < 1.29 is 0 Å². The first-order valence-corrected chi connectivity index (χ1v) is 20.3. The molecule has 268 valence electrons. The minimum absolute atomic E-state index is 1.11. The van der Waals surface area contributed by atoms with Gasteiger partial charge in [0.25, 0.3) is 0 Å². The van der Waals surface area contributed by atoms with Crippen LogP contribution in [0.4, 0.5) is 17.1 Å². The molecule has 0 aliphatic carbocycles. The van der Waals surface area contributed by atoms with Gasteiger partial charge in [0.05, 0.1) is 22.4 Å². The lowest BCUT2D eigenvalue weighted by Crippen LogP contribution is -2.10. The van der Waals surface area contributed by atoms with E-state index in [9.17, 15) is 0 Å². The zero-order chi connectivity index (χ0) is 37.7. The van der Waals surface area contributed by atoms with Crippen molar-refractivity contribution in [2.75, 3.05) is 4.90 Å². The van der Waals surface area contributed by atoms with E-state index in [1.807, 2.05) is 11.3 Å². The minimum Gasteiger partial charge on any atom is -0.310 e. The van der Waals surface area contributed by atoms with Crippen LogP contribution in [0.15, 0.2) is 218 Å². The third-order valence-corrected chi connectivity index (χ3v) is 12.4. The Morgan fingerprint density at radius 3 is 1.70 bits per heavy atom. The van der Waals surface area contributed by atoms with Gasteiger partial charge in [-0.1, -0.05) is 158 Å². The maximum Gasteiger partial charge on any atom is 0.0562 e. The van der Waals surface area contributed by atoms with Crippen LogP contribution < -0.4 is 4.90 Å². The minimum atomic E-state index is 1.11. The lowest BCUT2D eigenvalue weighted by Gasteiger charge is -2.26. The summed E-state index contributed by atoms with van der Waals surface area (Å²) in [6.07, 6.45) is 0. The maximum absolute atomic E-state index is 2.49. The Morgan fingerprint density at radius 2 is 0.930 bits per heavy atom. The van der Waals surface area contributed by atoms with Crippen LogP contribution in [-0.4, -0.2) is 4.57 Å². The number of thiophene rings is 1. The van der Waals surface area contributed by atoms with Gasteiger partial charge in [0, 0.05) is 53.4 Å². The predicted octanol–water partition coefficient (Wildman–Crippen LogP) is 15.6. The van der Waals surface area contributed by atoms with Gasteiger partial charge >= 0.3 is 0 Å². The highest BCUT2D eigenvalue weighted by Crippen LogP contribution is 2.47. The molecule has 0 unspecified atom stereocenters. The van der Waals surface area contributed by atoms with Crippen LogP contribution in [0.2, 0.25) is 0 Å². The number of para-hydroxylation sites is 2. The fraction of sp³-hybridized carbons (Fsp3) is 0. The average Bonchev–Trinajstić information content (AvgIpc) is 3.84. The molecule has 9 aromatic carbocycles. The molecule has 2 nitrogen and oxygen atoms in total. The Balaban J connectivity index is 1.18. The van der Waals surface area contributed by atoms with E-state index < -0.39 is 0 Å². The Hall–Kier alpha value is -7.20. The fourth-order valence-electron chi connectivity index (χ4n) is 8.60. The van der Waals surface area contributed by atoms with Crippen molar-refractivity contribution in [3.8, 4) is 39.1 Å². The highest BCUT2D eigenvalue weighted by molar-refractivity contribution is 7.26. The van der Waals surface area contributed by atoms with Crippen molar-refractivity contribution in [2.45, 2.75) is 0 Å². The van der Waals surface area contributed by atoms with Gasteiger partial charge in [-0.25, -0.2) is 0 Å². The van der Waals surface area contributed by atoms with Gasteiger partial charge in [-0.05, 0) is 82.9 Å². The highest BCUT2D eigenvalue weighted by Gasteiger charge is 2.23. The first-order valence-electron chi connectivity index (χ1n) is 19.4. The van der Waals surface area contributed by atoms with Crippen molar-refractivity contribution in [3.05, 3.63) is 218 Å². The molecule has 0 bridgehead atoms. The molecule has 0 N–H and O–H groups in total. The lowest BCUT2D eigenvalue weighted by molar-refractivity contribution is 1.18. The predicted molar refractivity (Wildman–Crippen MR) is 245 cm³/mol. The molecule has 2 aromatic heterocycles. The smallest absolute Gasteiger partial charge is 0.0562 e. The summed E-state index contributed by atoms with van der Waals surface area (Å²) in [7, 11) is 0. The fourth-order valence-corrected chi connectivity index (χ4v) is 9.83. The van der Waals surface area contributed by atoms with E-state index >= 15 is 0 Å². The summed E-state index contributed by atoms with van der Waals surface area (Å²) in [6.45, 7) is 0. The molecule has 0 fully saturated rings. The largest absolute Gasteiger partial charge is 0.310 e. The van der Waals surface area contributed by atoms with Crippen LogP contribution in [0.1, 0.15) is 0 Å². The maximum atomic E-state index is 2.49. The van der Waals surface area contributed by atoms with E-state index in [1.54, 1.807) is 0 Å². The van der Waals surface area contributed by atoms with Crippen LogP contribution in [0.25, 0.3) is 81.0 Å². The Bertz CT molecular complexity index is 3220. The summed E-state index contributed by atoms with van der Waals surface area (Å²) in [6, 6.07) is 79.3. The third-order valence-electron chi connectivity index (χ3n) is 11.2. The third kappa shape index (κ3) is 5.63. The number of benzene rings is 9. The van der Waals surface area contributed by atoms with Gasteiger partial charge in [-0.3, -0.25) is 0 Å². The number of aromatic nitrogens is 1. The van der Waals surface area contributed by atoms with E-state index in [0.29, 0.717) is 0 Å². The Labute approximate surface area is 335 Å². The molecule has 0 saturated heterocycles. The molecule has 57 heavy (non-hydrogen) atoms. The molecule has 2 heterocycles. The Morgan fingerprint density at radius 1 is 0.368 bits per heavy atom. The van der Waals surface area contributed by atoms with Gasteiger partial charge in [-0.2, -0.15) is 0 Å². The van der Waals surface area contributed by atoms with Crippen LogP contribution in [0.3, 0.4) is 0 Å². The second kappa shape index (κ2) is 13.8. The second-order valence-corrected chi connectivity index (χ2v) is 15.5. The van der Waals surface area contributed by atoms with Crippen molar-refractivity contribution in [1.82, 2.24) is 4.57 Å². The topological polar surface area (TPSA) is 8.17 Å². The highest BCUT2D eigenvalue weighted by atomic mass is 32.1. The van der Waals surface area contributed by atoms with E-state index in [1.165, 1.54) is 69.8 Å². The molecule has 3 heteroatoms. The molecule has 11 aromatic rings. The van der Waals surface area contributed by atoms with Gasteiger partial charge in [-0.15, -0.1) is 11.3 Å². The number of fused-ring (bicyclic) bond motifs is 6. The zero-order valence-electron chi connectivity index (χ0n) is 31.1. The SMILES string of the molecule is c1ccc(-c2ccc(N(c3ccccc3)c3cccc4c3c3ccccc3n4-c3ccc(-c4ccccc4)cc3-c3cccc4c3sc3ccccc34)cc2)cc1. The summed E-state index contributed by atoms with van der Waals surface area (Å²) in [4.78, 5) is 2.41. The van der Waals surface area contributed by atoms with Crippen molar-refractivity contribution in [2.24, 2.45) is 0 Å². The molecular formula is C54H36N2S. The van der Waals surface area contributed by atoms with Crippen molar-refractivity contribution in [3.63, 3.8) is 0 Å². The van der Waals surface area contributed by atoms with Crippen molar-refractivity contribution in [1.29, 1.82) is 0 Å². The van der Waals surface area contributed by atoms with Gasteiger partial charge in [0.15, 0.2) is 0 Å². The quantitative estimate of drug-likeness (QED) is 0.158. The first-order chi connectivity index (χ1) is 28.3. The van der Waals surface area contributed by atoms with E-state index in [-0.39, 0.29) is 0 Å². The molecule has 0 aliphatic rings. The van der Waals surface area contributed by atoms with Crippen molar-refractivity contribution >= 4 is 70.4 Å². The molecular weight excluding hydrogens is 709 g/mol. The number of hydrogen-bond acceptors (Lipinski definition) is 2. The summed E-state index contributed by atoms with van der Waals surface area (Å²) in [5, 5.41) is 5.02. The van der Waals surface area contributed by atoms with Crippen LogP contribution in [-0.2, 0) is 0 Å².